The minimum Gasteiger partial charge on any atom is -0.375 e. The molecule has 3 rings (SSSR count). The maximum absolute atomic E-state index is 5.65. The Hall–Kier alpha value is -1.80. The summed E-state index contributed by atoms with van der Waals surface area (Å²) < 4.78 is 5.65. The van der Waals surface area contributed by atoms with Crippen LogP contribution in [0.3, 0.4) is 0 Å². The smallest absolute Gasteiger partial charge is 0.193 e. The second-order valence-electron chi connectivity index (χ2n) is 6.37. The van der Waals surface area contributed by atoms with Gasteiger partial charge in [0.15, 0.2) is 5.96 Å². The Balaban J connectivity index is 0.00000261. The number of ether oxygens (including phenoxy) is 1. The summed E-state index contributed by atoms with van der Waals surface area (Å²) in [5, 5.41) is 3.48. The largest absolute Gasteiger partial charge is 0.375 e. The van der Waals surface area contributed by atoms with Gasteiger partial charge >= 0.3 is 0 Å². The number of rotatable bonds is 5. The van der Waals surface area contributed by atoms with Gasteiger partial charge in [-0.25, -0.2) is 0 Å². The lowest BCUT2D eigenvalue weighted by Crippen LogP contribution is -2.53. The molecule has 27 heavy (non-hydrogen) atoms. The van der Waals surface area contributed by atoms with Crippen molar-refractivity contribution in [2.24, 2.45) is 4.99 Å². The van der Waals surface area contributed by atoms with E-state index in [1.54, 1.807) is 7.11 Å². The van der Waals surface area contributed by atoms with E-state index in [4.69, 9.17) is 4.74 Å². The fraction of sp³-hybridized carbons (Fsp3) is 0.381. The molecule has 0 spiro atoms. The topological polar surface area (TPSA) is 40.1 Å². The number of benzene rings is 2. The predicted molar refractivity (Wildman–Crippen MR) is 123 cm³/mol. The molecule has 1 aliphatic rings. The van der Waals surface area contributed by atoms with Crippen LogP contribution in [-0.4, -0.2) is 57.7 Å². The van der Waals surface area contributed by atoms with Crippen LogP contribution in [0.4, 0.5) is 5.69 Å². The Kier molecular flexibility index (Phi) is 8.87. The van der Waals surface area contributed by atoms with Crippen LogP contribution in [0.25, 0.3) is 0 Å². The molecule has 2 aromatic rings. The second-order valence-corrected chi connectivity index (χ2v) is 6.37. The SMILES string of the molecule is CN=C(NCC(OC)c1ccccc1)N1CCN(c2ccccc2)CC1.I. The third kappa shape index (κ3) is 5.84. The van der Waals surface area contributed by atoms with Gasteiger partial charge in [0.25, 0.3) is 0 Å². The second kappa shape index (κ2) is 11.1. The number of para-hydroxylation sites is 1. The standard InChI is InChI=1S/C21H28N4O.HI/c1-22-21(23-17-20(26-2)18-9-5-3-6-10-18)25-15-13-24(14-16-25)19-11-7-4-8-12-19;/h3-12,20H,13-17H2,1-2H3,(H,22,23);1H. The average molecular weight is 480 g/mol. The molecule has 1 saturated heterocycles. The molecule has 0 amide bonds. The van der Waals surface area contributed by atoms with Crippen molar-refractivity contribution in [2.45, 2.75) is 6.10 Å². The first kappa shape index (κ1) is 21.5. The van der Waals surface area contributed by atoms with Gasteiger partial charge in [0.05, 0.1) is 6.10 Å². The molecule has 1 fully saturated rings. The van der Waals surface area contributed by atoms with Crippen molar-refractivity contribution < 1.29 is 4.74 Å². The lowest BCUT2D eigenvalue weighted by molar-refractivity contribution is 0.105. The Morgan fingerprint density at radius 1 is 1.00 bits per heavy atom. The molecule has 1 aliphatic heterocycles. The first-order valence-electron chi connectivity index (χ1n) is 9.15. The highest BCUT2D eigenvalue weighted by molar-refractivity contribution is 14.0. The highest BCUT2D eigenvalue weighted by Crippen LogP contribution is 2.17. The first-order valence-corrected chi connectivity index (χ1v) is 9.15. The Bertz CT molecular complexity index is 688. The van der Waals surface area contributed by atoms with E-state index < -0.39 is 0 Å². The normalized spacial score (nSPS) is 15.9. The summed E-state index contributed by atoms with van der Waals surface area (Å²) in [7, 11) is 3.59. The quantitative estimate of drug-likeness (QED) is 0.405. The summed E-state index contributed by atoms with van der Waals surface area (Å²) in [6, 6.07) is 20.9. The van der Waals surface area contributed by atoms with Gasteiger partial charge < -0.3 is 19.9 Å². The molecular weight excluding hydrogens is 451 g/mol. The van der Waals surface area contributed by atoms with Crippen LogP contribution in [0.1, 0.15) is 11.7 Å². The van der Waals surface area contributed by atoms with E-state index in [1.807, 2.05) is 25.2 Å². The minimum atomic E-state index is 0. The van der Waals surface area contributed by atoms with Gasteiger partial charge in [0.1, 0.15) is 0 Å². The number of guanidine groups is 1. The van der Waals surface area contributed by atoms with Crippen molar-refractivity contribution in [1.82, 2.24) is 10.2 Å². The first-order chi connectivity index (χ1) is 12.8. The molecule has 0 aliphatic carbocycles. The molecule has 0 aromatic heterocycles. The van der Waals surface area contributed by atoms with Gasteiger partial charge in [-0.3, -0.25) is 4.99 Å². The number of hydrogen-bond acceptors (Lipinski definition) is 3. The fourth-order valence-electron chi connectivity index (χ4n) is 3.34. The van der Waals surface area contributed by atoms with Crippen LogP contribution in [0.15, 0.2) is 65.7 Å². The summed E-state index contributed by atoms with van der Waals surface area (Å²) in [4.78, 5) is 9.21. The molecule has 0 bridgehead atoms. The lowest BCUT2D eigenvalue weighted by Gasteiger charge is -2.38. The number of methoxy groups -OCH3 is 1. The molecule has 0 saturated carbocycles. The van der Waals surface area contributed by atoms with Crippen molar-refractivity contribution in [3.8, 4) is 0 Å². The lowest BCUT2D eigenvalue weighted by atomic mass is 10.1. The highest BCUT2D eigenvalue weighted by Gasteiger charge is 2.20. The predicted octanol–water partition coefficient (Wildman–Crippen LogP) is 3.39. The molecule has 5 nitrogen and oxygen atoms in total. The van der Waals surface area contributed by atoms with Crippen molar-refractivity contribution >= 4 is 35.6 Å². The number of nitrogens with zero attached hydrogens (tertiary/aromatic N) is 3. The number of aliphatic imine (C=N–C) groups is 1. The summed E-state index contributed by atoms with van der Waals surface area (Å²) in [6.07, 6.45) is 0.0126. The van der Waals surface area contributed by atoms with Crippen LogP contribution in [-0.2, 0) is 4.74 Å². The van der Waals surface area contributed by atoms with Crippen LogP contribution in [0.5, 0.6) is 0 Å². The minimum absolute atomic E-state index is 0. The van der Waals surface area contributed by atoms with Gasteiger partial charge in [-0.15, -0.1) is 24.0 Å². The zero-order valence-electron chi connectivity index (χ0n) is 16.0. The summed E-state index contributed by atoms with van der Waals surface area (Å²) in [6.45, 7) is 4.61. The summed E-state index contributed by atoms with van der Waals surface area (Å²) >= 11 is 0. The van der Waals surface area contributed by atoms with Crippen LogP contribution >= 0.6 is 24.0 Å². The van der Waals surface area contributed by atoms with Crippen molar-refractivity contribution in [3.05, 3.63) is 66.2 Å². The Morgan fingerprint density at radius 3 is 2.15 bits per heavy atom. The van der Waals surface area contributed by atoms with Crippen LogP contribution < -0.4 is 10.2 Å². The third-order valence-electron chi connectivity index (χ3n) is 4.81. The zero-order valence-corrected chi connectivity index (χ0v) is 18.4. The molecule has 6 heteroatoms. The molecule has 1 N–H and O–H groups in total. The number of piperazine rings is 1. The average Bonchev–Trinajstić information content (AvgIpc) is 2.73. The maximum atomic E-state index is 5.65. The fourth-order valence-corrected chi connectivity index (χ4v) is 3.34. The molecule has 1 unspecified atom stereocenters. The van der Waals surface area contributed by atoms with E-state index in [2.05, 4.69) is 62.6 Å². The summed E-state index contributed by atoms with van der Waals surface area (Å²) in [5.74, 6) is 0.940. The zero-order chi connectivity index (χ0) is 18.2. The van der Waals surface area contributed by atoms with E-state index in [9.17, 15) is 0 Å². The monoisotopic (exact) mass is 480 g/mol. The molecule has 1 atom stereocenters. The van der Waals surface area contributed by atoms with E-state index >= 15 is 0 Å². The van der Waals surface area contributed by atoms with E-state index in [0.717, 1.165) is 32.1 Å². The van der Waals surface area contributed by atoms with Gasteiger partial charge in [0.2, 0.25) is 0 Å². The molecule has 2 aromatic carbocycles. The highest BCUT2D eigenvalue weighted by atomic mass is 127. The van der Waals surface area contributed by atoms with Gasteiger partial charge in [-0.2, -0.15) is 0 Å². The Labute approximate surface area is 179 Å². The Morgan fingerprint density at radius 2 is 1.59 bits per heavy atom. The van der Waals surface area contributed by atoms with Gasteiger partial charge in [-0.05, 0) is 17.7 Å². The van der Waals surface area contributed by atoms with E-state index in [0.29, 0.717) is 6.54 Å². The number of hydrogen-bond donors (Lipinski definition) is 1. The molecule has 0 radical (unpaired) electrons. The van der Waals surface area contributed by atoms with Gasteiger partial charge in [-0.1, -0.05) is 48.5 Å². The molecular formula is C21H29IN4O. The number of halogens is 1. The number of anilines is 1. The molecule has 146 valence electrons. The van der Waals surface area contributed by atoms with E-state index in [1.165, 1.54) is 11.3 Å². The number of nitrogens with one attached hydrogen (secondary N) is 1. The van der Waals surface area contributed by atoms with Crippen molar-refractivity contribution in [1.29, 1.82) is 0 Å². The third-order valence-corrected chi connectivity index (χ3v) is 4.81. The van der Waals surface area contributed by atoms with Crippen LogP contribution in [0, 0.1) is 0 Å². The van der Waals surface area contributed by atoms with Crippen molar-refractivity contribution in [3.63, 3.8) is 0 Å². The van der Waals surface area contributed by atoms with E-state index in [-0.39, 0.29) is 30.1 Å². The maximum Gasteiger partial charge on any atom is 0.193 e. The molecule has 1 heterocycles. The van der Waals surface area contributed by atoms with Crippen molar-refractivity contribution in [2.75, 3.05) is 51.8 Å². The summed E-state index contributed by atoms with van der Waals surface area (Å²) in [5.41, 5.74) is 2.46. The van der Waals surface area contributed by atoms with Crippen LogP contribution in [0.2, 0.25) is 0 Å². The van der Waals surface area contributed by atoms with Gasteiger partial charge in [0, 0.05) is 52.6 Å².